The highest BCUT2D eigenvalue weighted by atomic mass is 16.5. The summed E-state index contributed by atoms with van der Waals surface area (Å²) in [5, 5.41) is 9.16. The van der Waals surface area contributed by atoms with Gasteiger partial charge >= 0.3 is 5.97 Å². The van der Waals surface area contributed by atoms with E-state index in [1.807, 2.05) is 0 Å². The third-order valence-corrected chi connectivity index (χ3v) is 2.11. The molecule has 2 atom stereocenters. The molecule has 1 aliphatic rings. The Hall–Kier alpha value is -1.10. The minimum Gasteiger partial charge on any atom is -0.464 e. The van der Waals surface area contributed by atoms with Crippen molar-refractivity contribution in [2.24, 2.45) is 0 Å². The van der Waals surface area contributed by atoms with E-state index in [9.17, 15) is 9.59 Å². The van der Waals surface area contributed by atoms with E-state index in [0.29, 0.717) is 0 Å². The summed E-state index contributed by atoms with van der Waals surface area (Å²) < 4.78 is 4.75. The summed E-state index contributed by atoms with van der Waals surface area (Å²) in [5.41, 5.74) is 0. The van der Waals surface area contributed by atoms with Gasteiger partial charge in [0.05, 0.1) is 6.61 Å². The van der Waals surface area contributed by atoms with Gasteiger partial charge in [-0.15, -0.1) is 0 Å². The van der Waals surface area contributed by atoms with E-state index in [2.05, 4.69) is 0 Å². The number of ether oxygens (including phenoxy) is 1. The molecule has 74 valence electrons. The molecule has 1 aliphatic heterocycles. The molecule has 1 N–H and O–H groups in total. The molecule has 1 rings (SSSR count). The standard InChI is InChI=1S/C8H13NO4/c1-3-13-8(12)5-4-6(10)7(11)9(5)2/h5-6,10H,3-4H2,1-2H3/t5-,6?/m0/s1. The first-order chi connectivity index (χ1) is 6.07. The molecule has 0 bridgehead atoms. The molecule has 0 aromatic rings. The van der Waals surface area contributed by atoms with Crippen molar-refractivity contribution in [3.8, 4) is 0 Å². The van der Waals surface area contributed by atoms with Crippen LogP contribution in [0, 0.1) is 0 Å². The van der Waals surface area contributed by atoms with Crippen LogP contribution in [0.4, 0.5) is 0 Å². The SMILES string of the molecule is CCOC(=O)[C@@H]1CC(O)C(=O)N1C. The Kier molecular flexibility index (Phi) is 2.87. The lowest BCUT2D eigenvalue weighted by Crippen LogP contribution is -2.36. The van der Waals surface area contributed by atoms with Crippen LogP contribution < -0.4 is 0 Å². The van der Waals surface area contributed by atoms with E-state index >= 15 is 0 Å². The zero-order chi connectivity index (χ0) is 10.0. The maximum absolute atomic E-state index is 11.2. The smallest absolute Gasteiger partial charge is 0.328 e. The van der Waals surface area contributed by atoms with Crippen molar-refractivity contribution in [3.63, 3.8) is 0 Å². The van der Waals surface area contributed by atoms with E-state index < -0.39 is 24.0 Å². The fraction of sp³-hybridized carbons (Fsp3) is 0.750. The number of amides is 1. The third kappa shape index (κ3) is 1.80. The summed E-state index contributed by atoms with van der Waals surface area (Å²) in [5.74, 6) is -0.868. The van der Waals surface area contributed by atoms with Gasteiger partial charge in [-0.25, -0.2) is 4.79 Å². The van der Waals surface area contributed by atoms with Gasteiger partial charge in [0.2, 0.25) is 0 Å². The highest BCUT2D eigenvalue weighted by molar-refractivity contribution is 5.90. The van der Waals surface area contributed by atoms with Crippen molar-refractivity contribution >= 4 is 11.9 Å². The van der Waals surface area contributed by atoms with Gasteiger partial charge in [-0.3, -0.25) is 4.79 Å². The molecule has 5 heteroatoms. The van der Waals surface area contributed by atoms with Crippen LogP contribution in [0.2, 0.25) is 0 Å². The van der Waals surface area contributed by atoms with Crippen LogP contribution in [0.15, 0.2) is 0 Å². The zero-order valence-electron chi connectivity index (χ0n) is 7.69. The highest BCUT2D eigenvalue weighted by Crippen LogP contribution is 2.18. The average Bonchev–Trinajstić information content (AvgIpc) is 2.33. The first kappa shape index (κ1) is 9.98. The summed E-state index contributed by atoms with van der Waals surface area (Å²) in [4.78, 5) is 23.5. The summed E-state index contributed by atoms with van der Waals surface area (Å²) >= 11 is 0. The Labute approximate surface area is 76.3 Å². The van der Waals surface area contributed by atoms with Gasteiger partial charge in [0.25, 0.3) is 5.91 Å². The van der Waals surface area contributed by atoms with Crippen LogP contribution in [0.1, 0.15) is 13.3 Å². The highest BCUT2D eigenvalue weighted by Gasteiger charge is 2.40. The lowest BCUT2D eigenvalue weighted by molar-refractivity contribution is -0.150. The molecule has 0 spiro atoms. The summed E-state index contributed by atoms with van der Waals surface area (Å²) in [6, 6.07) is -0.623. The number of hydrogen-bond acceptors (Lipinski definition) is 4. The van der Waals surface area contributed by atoms with Gasteiger partial charge < -0.3 is 14.7 Å². The number of rotatable bonds is 2. The second kappa shape index (κ2) is 3.74. The van der Waals surface area contributed by atoms with Crippen LogP contribution in [0.25, 0.3) is 0 Å². The van der Waals surface area contributed by atoms with E-state index in [1.165, 1.54) is 11.9 Å². The molecular formula is C8H13NO4. The van der Waals surface area contributed by atoms with Gasteiger partial charge in [-0.2, -0.15) is 0 Å². The van der Waals surface area contributed by atoms with Crippen molar-refractivity contribution in [3.05, 3.63) is 0 Å². The second-order valence-corrected chi connectivity index (χ2v) is 2.97. The number of likely N-dealkylation sites (N-methyl/N-ethyl adjacent to an activating group) is 1. The molecule has 1 amide bonds. The van der Waals surface area contributed by atoms with Crippen molar-refractivity contribution < 1.29 is 19.4 Å². The Morgan fingerprint density at radius 2 is 2.38 bits per heavy atom. The molecule has 0 radical (unpaired) electrons. The van der Waals surface area contributed by atoms with Crippen molar-refractivity contribution in [1.82, 2.24) is 4.90 Å². The Bertz CT molecular complexity index is 228. The van der Waals surface area contributed by atoms with Crippen LogP contribution in [-0.4, -0.2) is 47.7 Å². The predicted molar refractivity (Wildman–Crippen MR) is 43.8 cm³/mol. The third-order valence-electron chi connectivity index (χ3n) is 2.11. The Balaban J connectivity index is 2.63. The van der Waals surface area contributed by atoms with E-state index in [4.69, 9.17) is 9.84 Å². The number of carbonyl (C=O) groups excluding carboxylic acids is 2. The topological polar surface area (TPSA) is 66.8 Å². The van der Waals surface area contributed by atoms with Crippen LogP contribution in [-0.2, 0) is 14.3 Å². The predicted octanol–water partition coefficient (Wildman–Crippen LogP) is -0.859. The molecule has 0 aliphatic carbocycles. The minimum absolute atomic E-state index is 0.133. The first-order valence-corrected chi connectivity index (χ1v) is 4.19. The number of hydrogen-bond donors (Lipinski definition) is 1. The summed E-state index contributed by atoms with van der Waals surface area (Å²) in [7, 11) is 1.49. The number of esters is 1. The lowest BCUT2D eigenvalue weighted by atomic mass is 10.2. The minimum atomic E-state index is -1.06. The van der Waals surface area contributed by atoms with Crippen LogP contribution in [0.5, 0.6) is 0 Å². The number of nitrogens with zero attached hydrogens (tertiary/aromatic N) is 1. The fourth-order valence-corrected chi connectivity index (χ4v) is 1.35. The first-order valence-electron chi connectivity index (χ1n) is 4.19. The fourth-order valence-electron chi connectivity index (χ4n) is 1.35. The molecule has 5 nitrogen and oxygen atoms in total. The lowest BCUT2D eigenvalue weighted by Gasteiger charge is -2.16. The molecule has 0 aromatic heterocycles. The quantitative estimate of drug-likeness (QED) is 0.571. The summed E-state index contributed by atoms with van der Waals surface area (Å²) in [6.45, 7) is 1.98. The van der Waals surface area contributed by atoms with Gasteiger partial charge in [-0.05, 0) is 6.92 Å². The van der Waals surface area contributed by atoms with Gasteiger partial charge in [0.1, 0.15) is 12.1 Å². The number of aliphatic hydroxyl groups is 1. The van der Waals surface area contributed by atoms with Gasteiger partial charge in [-0.1, -0.05) is 0 Å². The summed E-state index contributed by atoms with van der Waals surface area (Å²) in [6.07, 6.45) is -0.923. The van der Waals surface area contributed by atoms with Crippen LogP contribution in [0.3, 0.4) is 0 Å². The van der Waals surface area contributed by atoms with Crippen molar-refractivity contribution in [1.29, 1.82) is 0 Å². The maximum Gasteiger partial charge on any atom is 0.328 e. The molecule has 1 heterocycles. The molecule has 1 saturated heterocycles. The normalized spacial score (nSPS) is 27.9. The van der Waals surface area contributed by atoms with Crippen molar-refractivity contribution in [2.75, 3.05) is 13.7 Å². The Morgan fingerprint density at radius 1 is 1.77 bits per heavy atom. The maximum atomic E-state index is 11.2. The van der Waals surface area contributed by atoms with Crippen molar-refractivity contribution in [2.45, 2.75) is 25.5 Å². The number of aliphatic hydroxyl groups excluding tert-OH is 1. The van der Waals surface area contributed by atoms with Gasteiger partial charge in [0, 0.05) is 13.5 Å². The monoisotopic (exact) mass is 187 g/mol. The Morgan fingerprint density at radius 3 is 2.77 bits per heavy atom. The zero-order valence-corrected chi connectivity index (χ0v) is 7.69. The molecule has 1 unspecified atom stereocenters. The van der Waals surface area contributed by atoms with Gasteiger partial charge in [0.15, 0.2) is 0 Å². The van der Waals surface area contributed by atoms with Crippen LogP contribution >= 0.6 is 0 Å². The van der Waals surface area contributed by atoms with E-state index in [0.717, 1.165) is 0 Å². The molecule has 0 aromatic carbocycles. The molecule has 13 heavy (non-hydrogen) atoms. The number of carbonyl (C=O) groups is 2. The number of likely N-dealkylation sites (tertiary alicyclic amines) is 1. The molecule has 1 fully saturated rings. The molecular weight excluding hydrogens is 174 g/mol. The average molecular weight is 187 g/mol. The molecule has 0 saturated carbocycles. The largest absolute Gasteiger partial charge is 0.464 e. The van der Waals surface area contributed by atoms with E-state index in [-0.39, 0.29) is 13.0 Å². The second-order valence-electron chi connectivity index (χ2n) is 2.97. The van der Waals surface area contributed by atoms with E-state index in [1.54, 1.807) is 6.92 Å².